The molecule has 1 aliphatic heterocycles. The molecule has 1 heterocycles. The second-order valence-corrected chi connectivity index (χ2v) is 5.34. The highest BCUT2D eigenvalue weighted by Crippen LogP contribution is 2.20. The zero-order valence-electron chi connectivity index (χ0n) is 10.8. The van der Waals surface area contributed by atoms with Gasteiger partial charge in [-0.25, -0.2) is 0 Å². The summed E-state index contributed by atoms with van der Waals surface area (Å²) in [7, 11) is 0. The minimum atomic E-state index is -0.319. The van der Waals surface area contributed by atoms with Crippen molar-refractivity contribution in [2.75, 3.05) is 32.7 Å². The van der Waals surface area contributed by atoms with Gasteiger partial charge in [-0.05, 0) is 30.5 Å². The Morgan fingerprint density at radius 3 is 2.83 bits per heavy atom. The summed E-state index contributed by atoms with van der Waals surface area (Å²) >= 11 is 6.09. The second kappa shape index (κ2) is 6.53. The van der Waals surface area contributed by atoms with Crippen LogP contribution in [0.15, 0.2) is 18.2 Å². The Morgan fingerprint density at radius 2 is 2.11 bits per heavy atom. The first-order valence-corrected chi connectivity index (χ1v) is 6.90. The van der Waals surface area contributed by atoms with Gasteiger partial charge in [-0.3, -0.25) is 4.90 Å². The highest BCUT2D eigenvalue weighted by molar-refractivity contribution is 6.31. The van der Waals surface area contributed by atoms with Gasteiger partial charge in [0.2, 0.25) is 0 Å². The highest BCUT2D eigenvalue weighted by atomic mass is 35.5. The summed E-state index contributed by atoms with van der Waals surface area (Å²) in [5.74, 6) is 0. The van der Waals surface area contributed by atoms with E-state index in [1.165, 1.54) is 0 Å². The number of benzene rings is 1. The molecule has 1 aliphatic rings. The predicted octanol–water partition coefficient (Wildman–Crippen LogP) is 1.46. The van der Waals surface area contributed by atoms with Crippen molar-refractivity contribution >= 4 is 11.6 Å². The third kappa shape index (κ3) is 3.69. The number of hydrogen-bond acceptors (Lipinski definition) is 3. The summed E-state index contributed by atoms with van der Waals surface area (Å²) in [6, 6.07) is 5.88. The maximum Gasteiger partial charge on any atom is 0.0707 e. The van der Waals surface area contributed by atoms with Crippen LogP contribution in [0.5, 0.6) is 0 Å². The van der Waals surface area contributed by atoms with Crippen molar-refractivity contribution in [2.24, 2.45) is 0 Å². The fraction of sp³-hybridized carbons (Fsp3) is 0.571. The lowest BCUT2D eigenvalue weighted by molar-refractivity contribution is 0.105. The Balaban J connectivity index is 1.90. The van der Waals surface area contributed by atoms with Crippen LogP contribution >= 0.6 is 11.6 Å². The van der Waals surface area contributed by atoms with E-state index in [1.807, 2.05) is 25.1 Å². The van der Waals surface area contributed by atoms with E-state index < -0.39 is 0 Å². The summed E-state index contributed by atoms with van der Waals surface area (Å²) in [5.41, 5.74) is 2.23. The van der Waals surface area contributed by atoms with Crippen LogP contribution in [0.1, 0.15) is 11.1 Å². The van der Waals surface area contributed by atoms with E-state index in [0.29, 0.717) is 6.42 Å². The molecule has 0 amide bonds. The molecule has 0 spiro atoms. The second-order valence-electron chi connectivity index (χ2n) is 4.93. The smallest absolute Gasteiger partial charge is 0.0707 e. The molecular formula is C14H21ClN2O. The molecular weight excluding hydrogens is 248 g/mol. The van der Waals surface area contributed by atoms with E-state index in [-0.39, 0.29) is 6.10 Å². The zero-order valence-corrected chi connectivity index (χ0v) is 11.6. The summed E-state index contributed by atoms with van der Waals surface area (Å²) in [4.78, 5) is 2.31. The first-order valence-electron chi connectivity index (χ1n) is 6.52. The molecule has 3 nitrogen and oxygen atoms in total. The molecule has 1 unspecified atom stereocenters. The van der Waals surface area contributed by atoms with Crippen molar-refractivity contribution in [3.63, 3.8) is 0 Å². The summed E-state index contributed by atoms with van der Waals surface area (Å²) in [5, 5.41) is 14.3. The van der Waals surface area contributed by atoms with Crippen LogP contribution in [0, 0.1) is 6.92 Å². The topological polar surface area (TPSA) is 35.5 Å². The molecule has 0 aromatic heterocycles. The summed E-state index contributed by atoms with van der Waals surface area (Å²) in [6.45, 7) is 6.83. The lowest BCUT2D eigenvalue weighted by Gasteiger charge is -2.29. The minimum absolute atomic E-state index is 0.319. The van der Waals surface area contributed by atoms with Crippen LogP contribution in [0.3, 0.4) is 0 Å². The van der Waals surface area contributed by atoms with Crippen LogP contribution in [0.4, 0.5) is 0 Å². The normalized spacial score (nSPS) is 18.8. The van der Waals surface area contributed by atoms with E-state index >= 15 is 0 Å². The number of rotatable bonds is 4. The number of halogens is 1. The van der Waals surface area contributed by atoms with Gasteiger partial charge in [0.05, 0.1) is 6.10 Å². The van der Waals surface area contributed by atoms with Crippen LogP contribution in [-0.2, 0) is 6.42 Å². The van der Waals surface area contributed by atoms with Crippen molar-refractivity contribution in [1.82, 2.24) is 10.2 Å². The molecule has 2 rings (SSSR count). The molecule has 1 aromatic carbocycles. The number of aliphatic hydroxyl groups is 1. The van der Waals surface area contributed by atoms with Crippen molar-refractivity contribution in [3.05, 3.63) is 34.3 Å². The van der Waals surface area contributed by atoms with Crippen LogP contribution in [0.2, 0.25) is 5.02 Å². The first kappa shape index (κ1) is 13.8. The molecule has 1 atom stereocenters. The van der Waals surface area contributed by atoms with Gasteiger partial charge in [-0.15, -0.1) is 0 Å². The number of hydrogen-bond donors (Lipinski definition) is 2. The third-order valence-electron chi connectivity index (χ3n) is 3.51. The number of piperazine rings is 1. The Hall–Kier alpha value is -0.610. The average Bonchev–Trinajstić information content (AvgIpc) is 2.36. The van der Waals surface area contributed by atoms with Gasteiger partial charge >= 0.3 is 0 Å². The molecule has 2 N–H and O–H groups in total. The molecule has 18 heavy (non-hydrogen) atoms. The first-order chi connectivity index (χ1) is 8.66. The summed E-state index contributed by atoms with van der Waals surface area (Å²) < 4.78 is 0. The molecule has 4 heteroatoms. The van der Waals surface area contributed by atoms with Crippen molar-refractivity contribution in [3.8, 4) is 0 Å². The minimum Gasteiger partial charge on any atom is -0.391 e. The van der Waals surface area contributed by atoms with E-state index in [9.17, 15) is 5.11 Å². The van der Waals surface area contributed by atoms with Gasteiger partial charge in [0.1, 0.15) is 0 Å². The number of aliphatic hydroxyl groups excluding tert-OH is 1. The molecule has 1 fully saturated rings. The van der Waals surface area contributed by atoms with E-state index in [4.69, 9.17) is 11.6 Å². The largest absolute Gasteiger partial charge is 0.391 e. The van der Waals surface area contributed by atoms with Gasteiger partial charge in [-0.1, -0.05) is 23.7 Å². The fourth-order valence-corrected chi connectivity index (χ4v) is 2.58. The number of β-amino-alcohol motifs (C(OH)–C–C–N with tert-alkyl or cyclic N) is 1. The van der Waals surface area contributed by atoms with Crippen LogP contribution in [0.25, 0.3) is 0 Å². The van der Waals surface area contributed by atoms with E-state index in [0.717, 1.165) is 48.9 Å². The lowest BCUT2D eigenvalue weighted by Crippen LogP contribution is -2.46. The van der Waals surface area contributed by atoms with Gasteiger partial charge in [0.15, 0.2) is 0 Å². The van der Waals surface area contributed by atoms with Crippen molar-refractivity contribution in [2.45, 2.75) is 19.4 Å². The Morgan fingerprint density at radius 1 is 1.39 bits per heavy atom. The third-order valence-corrected chi connectivity index (χ3v) is 3.92. The van der Waals surface area contributed by atoms with Gasteiger partial charge in [0.25, 0.3) is 0 Å². The Labute approximate surface area is 114 Å². The molecule has 100 valence electrons. The van der Waals surface area contributed by atoms with E-state index in [2.05, 4.69) is 10.2 Å². The molecule has 0 radical (unpaired) electrons. The van der Waals surface area contributed by atoms with Crippen LogP contribution < -0.4 is 5.32 Å². The summed E-state index contributed by atoms with van der Waals surface area (Å²) in [6.07, 6.45) is 0.358. The maximum atomic E-state index is 10.2. The van der Waals surface area contributed by atoms with Crippen LogP contribution in [-0.4, -0.2) is 48.8 Å². The number of nitrogens with zero attached hydrogens (tertiary/aromatic N) is 1. The van der Waals surface area contributed by atoms with Gasteiger partial charge in [-0.2, -0.15) is 0 Å². The zero-order chi connectivity index (χ0) is 13.0. The van der Waals surface area contributed by atoms with Gasteiger partial charge < -0.3 is 10.4 Å². The monoisotopic (exact) mass is 268 g/mol. The quantitative estimate of drug-likeness (QED) is 0.868. The average molecular weight is 269 g/mol. The lowest BCUT2D eigenvalue weighted by atomic mass is 10.0. The van der Waals surface area contributed by atoms with E-state index in [1.54, 1.807) is 0 Å². The van der Waals surface area contributed by atoms with Crippen molar-refractivity contribution < 1.29 is 5.11 Å². The molecule has 0 bridgehead atoms. The highest BCUT2D eigenvalue weighted by Gasteiger charge is 2.15. The Bertz CT molecular complexity index is 391. The predicted molar refractivity (Wildman–Crippen MR) is 75.2 cm³/mol. The van der Waals surface area contributed by atoms with Crippen molar-refractivity contribution in [1.29, 1.82) is 0 Å². The SMILES string of the molecule is Cc1c(Cl)cccc1CC(O)CN1CCNCC1. The Kier molecular flexibility index (Phi) is 5.01. The molecule has 1 saturated heterocycles. The fourth-order valence-electron chi connectivity index (χ4n) is 2.38. The molecule has 1 aromatic rings. The molecule has 0 saturated carbocycles. The standard InChI is InChI=1S/C14H21ClN2O/c1-11-12(3-2-4-14(11)15)9-13(18)10-17-7-5-16-6-8-17/h2-4,13,16,18H,5-10H2,1H3. The molecule has 0 aliphatic carbocycles. The maximum absolute atomic E-state index is 10.2. The van der Waals surface area contributed by atoms with Gasteiger partial charge in [0, 0.05) is 37.7 Å². The number of nitrogens with one attached hydrogen (secondary N) is 1.